The Bertz CT molecular complexity index is 651. The van der Waals surface area contributed by atoms with Gasteiger partial charge in [-0.2, -0.15) is 5.10 Å². The number of rotatable bonds is 5. The summed E-state index contributed by atoms with van der Waals surface area (Å²) in [5.41, 5.74) is 0.734. The Labute approximate surface area is 120 Å². The minimum absolute atomic E-state index is 0.0281. The number of carboxylic acid groups (broad SMARTS) is 1. The fourth-order valence-electron chi connectivity index (χ4n) is 1.63. The first-order valence-electron chi connectivity index (χ1n) is 6.13. The zero-order chi connectivity index (χ0) is 15.4. The van der Waals surface area contributed by atoms with Crippen molar-refractivity contribution in [2.75, 3.05) is 13.6 Å². The van der Waals surface area contributed by atoms with Crippen molar-refractivity contribution >= 4 is 11.9 Å². The maximum atomic E-state index is 11.8. The smallest absolute Gasteiger partial charge is 0.323 e. The zero-order valence-electron chi connectivity index (χ0n) is 11.7. The largest absolute Gasteiger partial charge is 0.480 e. The van der Waals surface area contributed by atoms with E-state index in [4.69, 9.17) is 5.11 Å². The fraction of sp³-hybridized carbons (Fsp3) is 0.333. The molecule has 0 saturated heterocycles. The zero-order valence-corrected chi connectivity index (χ0v) is 11.7. The summed E-state index contributed by atoms with van der Waals surface area (Å²) in [6.07, 6.45) is 4.76. The molecule has 0 fully saturated rings. The molecule has 0 spiro atoms. The van der Waals surface area contributed by atoms with Gasteiger partial charge in [0.2, 0.25) is 0 Å². The quantitative estimate of drug-likeness (QED) is 0.687. The van der Waals surface area contributed by atoms with Crippen molar-refractivity contribution < 1.29 is 19.4 Å². The fourth-order valence-corrected chi connectivity index (χ4v) is 1.63. The third-order valence-corrected chi connectivity index (χ3v) is 2.72. The van der Waals surface area contributed by atoms with Crippen LogP contribution in [0.3, 0.4) is 0 Å². The molecule has 2 aromatic rings. The van der Waals surface area contributed by atoms with Crippen LogP contribution in [-0.4, -0.2) is 55.3 Å². The molecule has 0 saturated carbocycles. The number of aryl methyl sites for hydroxylation is 1. The van der Waals surface area contributed by atoms with Crippen LogP contribution in [0.25, 0.3) is 11.4 Å². The molecule has 1 amide bonds. The molecule has 0 aromatic carbocycles. The number of amides is 1. The lowest BCUT2D eigenvalue weighted by atomic mass is 10.3. The molecule has 0 aliphatic carbocycles. The summed E-state index contributed by atoms with van der Waals surface area (Å²) in [6, 6.07) is 1.74. The average Bonchev–Trinajstić information content (AvgIpc) is 2.85. The van der Waals surface area contributed by atoms with Gasteiger partial charge in [0.05, 0.1) is 5.56 Å². The summed E-state index contributed by atoms with van der Waals surface area (Å²) in [5.74, 6) is -0.842. The van der Waals surface area contributed by atoms with Crippen LogP contribution in [0, 0.1) is 0 Å². The van der Waals surface area contributed by atoms with Crippen LogP contribution in [-0.2, 0) is 23.2 Å². The molecule has 0 aliphatic rings. The van der Waals surface area contributed by atoms with Gasteiger partial charge in [0.1, 0.15) is 19.1 Å². The van der Waals surface area contributed by atoms with Gasteiger partial charge in [-0.25, -0.2) is 4.98 Å². The molecule has 0 bridgehead atoms. The number of carbonyl (C=O) groups is 2. The molecule has 1 N–H and O–H groups in total. The van der Waals surface area contributed by atoms with E-state index in [1.807, 2.05) is 0 Å². The van der Waals surface area contributed by atoms with Gasteiger partial charge in [-0.3, -0.25) is 14.3 Å². The predicted molar refractivity (Wildman–Crippen MR) is 69.7 cm³/mol. The van der Waals surface area contributed by atoms with E-state index in [1.54, 1.807) is 36.5 Å². The standard InChI is InChI=1S/C12H14N6O3/c1-16(7-11(20)21)10(19)6-18-4-3-9(5-14-18)12-13-8-17(2)15-12/h3-5,8H,6-7H2,1-2H3/p+1. The average molecular weight is 291 g/mol. The van der Waals surface area contributed by atoms with Crippen LogP contribution in [0.1, 0.15) is 0 Å². The van der Waals surface area contributed by atoms with Crippen molar-refractivity contribution in [3.8, 4) is 11.4 Å². The van der Waals surface area contributed by atoms with Crippen LogP contribution < -0.4 is 4.68 Å². The Morgan fingerprint density at radius 2 is 2.24 bits per heavy atom. The van der Waals surface area contributed by atoms with Crippen molar-refractivity contribution in [2.24, 2.45) is 7.05 Å². The molecule has 9 nitrogen and oxygen atoms in total. The lowest BCUT2D eigenvalue weighted by Crippen LogP contribution is -2.46. The van der Waals surface area contributed by atoms with Crippen LogP contribution in [0.4, 0.5) is 0 Å². The van der Waals surface area contributed by atoms with Gasteiger partial charge >= 0.3 is 5.97 Å². The van der Waals surface area contributed by atoms with Crippen molar-refractivity contribution in [1.82, 2.24) is 24.8 Å². The maximum absolute atomic E-state index is 11.8. The first kappa shape index (κ1) is 14.6. The summed E-state index contributed by atoms with van der Waals surface area (Å²) in [4.78, 5) is 27.5. The lowest BCUT2D eigenvalue weighted by Gasteiger charge is -2.11. The maximum Gasteiger partial charge on any atom is 0.323 e. The molecule has 110 valence electrons. The van der Waals surface area contributed by atoms with Gasteiger partial charge in [0.15, 0.2) is 12.0 Å². The Balaban J connectivity index is 2.02. The minimum atomic E-state index is -1.06. The van der Waals surface area contributed by atoms with E-state index in [9.17, 15) is 9.59 Å². The Morgan fingerprint density at radius 1 is 1.48 bits per heavy atom. The van der Waals surface area contributed by atoms with E-state index >= 15 is 0 Å². The Kier molecular flexibility index (Phi) is 4.21. The predicted octanol–water partition coefficient (Wildman–Crippen LogP) is -1.29. The molecule has 9 heteroatoms. The van der Waals surface area contributed by atoms with Crippen LogP contribution in [0.15, 0.2) is 24.8 Å². The van der Waals surface area contributed by atoms with E-state index in [2.05, 4.69) is 15.2 Å². The molecule has 0 atom stereocenters. The number of carboxylic acids is 1. The van der Waals surface area contributed by atoms with E-state index < -0.39 is 5.97 Å². The SMILES string of the molecule is CN(CC(=O)O)C(=O)C[n+]1ccc(-c2ncn(C)n2)cn1. The summed E-state index contributed by atoms with van der Waals surface area (Å²) in [7, 11) is 3.20. The summed E-state index contributed by atoms with van der Waals surface area (Å²) in [6.45, 7) is -0.366. The first-order chi connectivity index (χ1) is 9.95. The van der Waals surface area contributed by atoms with Gasteiger partial charge < -0.3 is 10.0 Å². The molecular weight excluding hydrogens is 276 g/mol. The van der Waals surface area contributed by atoms with Crippen LogP contribution in [0.2, 0.25) is 0 Å². The van der Waals surface area contributed by atoms with Gasteiger partial charge in [-0.05, 0) is 5.10 Å². The molecule has 21 heavy (non-hydrogen) atoms. The van der Waals surface area contributed by atoms with E-state index in [0.717, 1.165) is 10.5 Å². The highest BCUT2D eigenvalue weighted by Crippen LogP contribution is 2.09. The second-order valence-electron chi connectivity index (χ2n) is 4.50. The minimum Gasteiger partial charge on any atom is -0.480 e. The lowest BCUT2D eigenvalue weighted by molar-refractivity contribution is -0.742. The topological polar surface area (TPSA) is 105 Å². The summed E-state index contributed by atoms with van der Waals surface area (Å²) < 4.78 is 3.01. The molecule has 2 aromatic heterocycles. The number of hydrogen-bond donors (Lipinski definition) is 1. The van der Waals surface area contributed by atoms with Gasteiger partial charge in [0.25, 0.3) is 12.5 Å². The van der Waals surface area contributed by atoms with Gasteiger partial charge in [-0.15, -0.1) is 0 Å². The first-order valence-corrected chi connectivity index (χ1v) is 6.13. The summed E-state index contributed by atoms with van der Waals surface area (Å²) >= 11 is 0. The van der Waals surface area contributed by atoms with Crippen LogP contribution in [0.5, 0.6) is 0 Å². The molecule has 2 heterocycles. The van der Waals surface area contributed by atoms with Gasteiger partial charge in [0, 0.05) is 20.2 Å². The Morgan fingerprint density at radius 3 is 2.76 bits per heavy atom. The second kappa shape index (κ2) is 6.07. The number of nitrogens with zero attached hydrogens (tertiary/aromatic N) is 6. The highest BCUT2D eigenvalue weighted by atomic mass is 16.4. The highest BCUT2D eigenvalue weighted by molar-refractivity contribution is 5.80. The molecule has 0 aliphatic heterocycles. The van der Waals surface area contributed by atoms with E-state index in [-0.39, 0.29) is 19.0 Å². The number of hydrogen-bond acceptors (Lipinski definition) is 5. The number of carbonyl (C=O) groups excluding carboxylic acids is 1. The second-order valence-corrected chi connectivity index (χ2v) is 4.50. The normalized spacial score (nSPS) is 10.4. The Hall–Kier alpha value is -2.84. The molecular formula is C12H15N6O3+. The van der Waals surface area contributed by atoms with Crippen LogP contribution >= 0.6 is 0 Å². The molecule has 0 radical (unpaired) electrons. The van der Waals surface area contributed by atoms with Crippen molar-refractivity contribution in [2.45, 2.75) is 6.54 Å². The molecule has 0 unspecified atom stereocenters. The monoisotopic (exact) mass is 291 g/mol. The summed E-state index contributed by atoms with van der Waals surface area (Å²) in [5, 5.41) is 16.9. The van der Waals surface area contributed by atoms with Crippen molar-refractivity contribution in [1.29, 1.82) is 0 Å². The third-order valence-electron chi connectivity index (χ3n) is 2.72. The van der Waals surface area contributed by atoms with Gasteiger partial charge in [-0.1, -0.05) is 4.68 Å². The van der Waals surface area contributed by atoms with E-state index in [1.165, 1.54) is 11.7 Å². The van der Waals surface area contributed by atoms with Crippen molar-refractivity contribution in [3.05, 3.63) is 24.8 Å². The number of likely N-dealkylation sites (N-methyl/N-ethyl adjacent to an activating group) is 1. The van der Waals surface area contributed by atoms with E-state index in [0.29, 0.717) is 5.82 Å². The highest BCUT2D eigenvalue weighted by Gasteiger charge is 2.18. The number of aliphatic carboxylic acids is 1. The number of aromatic nitrogens is 5. The third kappa shape index (κ3) is 3.81. The molecule has 2 rings (SSSR count). The van der Waals surface area contributed by atoms with Crippen molar-refractivity contribution in [3.63, 3.8) is 0 Å².